The average molecular weight is 432 g/mol. The summed E-state index contributed by atoms with van der Waals surface area (Å²) >= 11 is 0. The first-order valence-electron chi connectivity index (χ1n) is 9.95. The van der Waals surface area contributed by atoms with Crippen LogP contribution in [0.5, 0.6) is 0 Å². The van der Waals surface area contributed by atoms with Gasteiger partial charge in [-0.15, -0.1) is 0 Å². The van der Waals surface area contributed by atoms with E-state index in [0.29, 0.717) is 25.2 Å². The van der Waals surface area contributed by atoms with Crippen molar-refractivity contribution >= 4 is 21.8 Å². The zero-order valence-electron chi connectivity index (χ0n) is 17.7. The molecule has 8 heteroatoms. The second kappa shape index (κ2) is 10.9. The molecule has 0 radical (unpaired) electrons. The van der Waals surface area contributed by atoms with Gasteiger partial charge in [0.25, 0.3) is 5.91 Å². The minimum Gasteiger partial charge on any atom is -0.341 e. The first-order chi connectivity index (χ1) is 14.3. The molecule has 0 saturated heterocycles. The number of nitrogens with zero attached hydrogens (tertiary/aromatic N) is 2. The van der Waals surface area contributed by atoms with Gasteiger partial charge in [0, 0.05) is 45.2 Å². The van der Waals surface area contributed by atoms with Gasteiger partial charge in [-0.1, -0.05) is 30.3 Å². The third-order valence-corrected chi connectivity index (χ3v) is 6.26. The van der Waals surface area contributed by atoms with Crippen molar-refractivity contribution in [3.8, 4) is 0 Å². The number of hydrogen-bond donors (Lipinski definition) is 1. The predicted molar refractivity (Wildman–Crippen MR) is 116 cm³/mol. The third kappa shape index (κ3) is 6.40. The molecule has 0 atom stereocenters. The minimum absolute atomic E-state index is 0.000422. The highest BCUT2D eigenvalue weighted by molar-refractivity contribution is 7.89. The summed E-state index contributed by atoms with van der Waals surface area (Å²) in [5.41, 5.74) is 1.45. The van der Waals surface area contributed by atoms with E-state index in [2.05, 4.69) is 4.72 Å². The average Bonchev–Trinajstić information content (AvgIpc) is 2.75. The number of benzene rings is 2. The second-order valence-electron chi connectivity index (χ2n) is 6.88. The molecule has 0 aliphatic rings. The summed E-state index contributed by atoms with van der Waals surface area (Å²) in [6, 6.07) is 15.4. The number of carbonyl (C=O) groups excluding carboxylic acids is 2. The van der Waals surface area contributed by atoms with Crippen molar-refractivity contribution < 1.29 is 18.0 Å². The summed E-state index contributed by atoms with van der Waals surface area (Å²) in [7, 11) is -2.07. The summed E-state index contributed by atoms with van der Waals surface area (Å²) in [5, 5.41) is 0. The molecule has 162 valence electrons. The zero-order valence-corrected chi connectivity index (χ0v) is 18.5. The van der Waals surface area contributed by atoms with E-state index in [0.717, 1.165) is 5.56 Å². The highest BCUT2D eigenvalue weighted by atomic mass is 32.2. The molecule has 0 aliphatic carbocycles. The Hall–Kier alpha value is -2.71. The summed E-state index contributed by atoms with van der Waals surface area (Å²) in [4.78, 5) is 27.9. The van der Waals surface area contributed by atoms with Gasteiger partial charge in [-0.3, -0.25) is 9.59 Å². The van der Waals surface area contributed by atoms with Crippen LogP contribution in [-0.4, -0.2) is 56.7 Å². The van der Waals surface area contributed by atoms with Crippen LogP contribution >= 0.6 is 0 Å². The lowest BCUT2D eigenvalue weighted by atomic mass is 10.2. The Balaban J connectivity index is 1.90. The van der Waals surface area contributed by atoms with Gasteiger partial charge in [0.15, 0.2) is 0 Å². The van der Waals surface area contributed by atoms with Gasteiger partial charge in [-0.2, -0.15) is 0 Å². The lowest BCUT2D eigenvalue weighted by Crippen LogP contribution is -2.32. The van der Waals surface area contributed by atoms with Crippen molar-refractivity contribution in [1.82, 2.24) is 14.5 Å². The lowest BCUT2D eigenvalue weighted by molar-refractivity contribution is -0.130. The number of rotatable bonds is 10. The largest absolute Gasteiger partial charge is 0.341 e. The van der Waals surface area contributed by atoms with E-state index in [1.54, 1.807) is 16.8 Å². The number of hydrogen-bond acceptors (Lipinski definition) is 4. The molecule has 0 saturated carbocycles. The SMILES string of the molecule is CCN(CC)C(=O)c1ccc(S(=O)(=O)NCCC(=O)N(C)Cc2ccccc2)cc1. The highest BCUT2D eigenvalue weighted by Crippen LogP contribution is 2.13. The van der Waals surface area contributed by atoms with Crippen molar-refractivity contribution in [2.45, 2.75) is 31.7 Å². The van der Waals surface area contributed by atoms with Crippen molar-refractivity contribution in [2.75, 3.05) is 26.7 Å². The maximum Gasteiger partial charge on any atom is 0.253 e. The quantitative estimate of drug-likeness (QED) is 0.626. The van der Waals surface area contributed by atoms with Crippen molar-refractivity contribution in [1.29, 1.82) is 0 Å². The van der Waals surface area contributed by atoms with Crippen LogP contribution in [0.3, 0.4) is 0 Å². The van der Waals surface area contributed by atoms with E-state index < -0.39 is 10.0 Å². The fourth-order valence-corrected chi connectivity index (χ4v) is 4.01. The van der Waals surface area contributed by atoms with Crippen LogP contribution in [-0.2, 0) is 21.4 Å². The molecule has 2 aromatic rings. The van der Waals surface area contributed by atoms with E-state index >= 15 is 0 Å². The Morgan fingerprint density at radius 3 is 2.10 bits per heavy atom. The van der Waals surface area contributed by atoms with Crippen molar-refractivity contribution in [2.24, 2.45) is 0 Å². The van der Waals surface area contributed by atoms with Gasteiger partial charge in [-0.25, -0.2) is 13.1 Å². The van der Waals surface area contributed by atoms with Gasteiger partial charge >= 0.3 is 0 Å². The molecule has 0 heterocycles. The molecule has 1 N–H and O–H groups in total. The van der Waals surface area contributed by atoms with E-state index in [4.69, 9.17) is 0 Å². The first-order valence-corrected chi connectivity index (χ1v) is 11.4. The lowest BCUT2D eigenvalue weighted by Gasteiger charge is -2.18. The second-order valence-corrected chi connectivity index (χ2v) is 8.65. The predicted octanol–water partition coefficient (Wildman–Crippen LogP) is 2.50. The Labute approximate surface area is 178 Å². The van der Waals surface area contributed by atoms with Crippen molar-refractivity contribution in [3.05, 3.63) is 65.7 Å². The van der Waals surface area contributed by atoms with Crippen LogP contribution in [0.15, 0.2) is 59.5 Å². The standard InChI is InChI=1S/C22H29N3O4S/c1-4-25(5-2)22(27)19-11-13-20(14-12-19)30(28,29)23-16-15-21(26)24(3)17-18-9-7-6-8-10-18/h6-14,23H,4-5,15-17H2,1-3H3. The molecule has 0 aliphatic heterocycles. The molecular weight excluding hydrogens is 402 g/mol. The molecule has 0 spiro atoms. The van der Waals surface area contributed by atoms with E-state index in [1.807, 2.05) is 44.2 Å². The topological polar surface area (TPSA) is 86.8 Å². The van der Waals surface area contributed by atoms with Gasteiger partial charge in [0.2, 0.25) is 15.9 Å². The smallest absolute Gasteiger partial charge is 0.253 e. The number of nitrogens with one attached hydrogen (secondary N) is 1. The molecular formula is C22H29N3O4S. The maximum atomic E-state index is 12.5. The molecule has 2 rings (SSSR count). The normalized spacial score (nSPS) is 11.2. The summed E-state index contributed by atoms with van der Waals surface area (Å²) in [5.74, 6) is -0.286. The number of carbonyl (C=O) groups is 2. The Morgan fingerprint density at radius 1 is 0.933 bits per heavy atom. The highest BCUT2D eigenvalue weighted by Gasteiger charge is 2.18. The van der Waals surface area contributed by atoms with Crippen LogP contribution in [0.25, 0.3) is 0 Å². The number of amides is 2. The van der Waals surface area contributed by atoms with Gasteiger partial charge in [0.05, 0.1) is 4.90 Å². The van der Waals surface area contributed by atoms with Crippen LogP contribution < -0.4 is 4.72 Å². The van der Waals surface area contributed by atoms with Crippen LogP contribution in [0.1, 0.15) is 36.2 Å². The summed E-state index contributed by atoms with van der Waals surface area (Å²) in [6.45, 7) is 5.42. The van der Waals surface area contributed by atoms with Crippen LogP contribution in [0, 0.1) is 0 Å². The molecule has 0 aromatic heterocycles. The Kier molecular flexibility index (Phi) is 8.56. The first kappa shape index (κ1) is 23.6. The Morgan fingerprint density at radius 2 is 1.53 bits per heavy atom. The van der Waals surface area contributed by atoms with E-state index in [1.165, 1.54) is 24.3 Å². The van der Waals surface area contributed by atoms with Crippen molar-refractivity contribution in [3.63, 3.8) is 0 Å². The van der Waals surface area contributed by atoms with Crippen LogP contribution in [0.2, 0.25) is 0 Å². The van der Waals surface area contributed by atoms with Gasteiger partial charge < -0.3 is 9.80 Å². The monoisotopic (exact) mass is 431 g/mol. The minimum atomic E-state index is -3.76. The fraction of sp³-hybridized carbons (Fsp3) is 0.364. The molecule has 2 aromatic carbocycles. The molecule has 2 amide bonds. The molecule has 0 unspecified atom stereocenters. The molecule has 30 heavy (non-hydrogen) atoms. The van der Waals surface area contributed by atoms with E-state index in [9.17, 15) is 18.0 Å². The molecule has 0 bridgehead atoms. The number of sulfonamides is 1. The summed E-state index contributed by atoms with van der Waals surface area (Å²) in [6.07, 6.45) is 0.0566. The molecule has 0 fully saturated rings. The Bertz CT molecular complexity index is 940. The van der Waals surface area contributed by atoms with Gasteiger partial charge in [-0.05, 0) is 43.7 Å². The summed E-state index contributed by atoms with van der Waals surface area (Å²) < 4.78 is 27.4. The zero-order chi connectivity index (χ0) is 22.1. The van der Waals surface area contributed by atoms with Gasteiger partial charge in [0.1, 0.15) is 0 Å². The van der Waals surface area contributed by atoms with E-state index in [-0.39, 0.29) is 29.7 Å². The maximum absolute atomic E-state index is 12.5. The third-order valence-electron chi connectivity index (χ3n) is 4.78. The van der Waals surface area contributed by atoms with Crippen LogP contribution in [0.4, 0.5) is 0 Å². The molecule has 7 nitrogen and oxygen atoms in total. The fourth-order valence-electron chi connectivity index (χ4n) is 2.98.